The second kappa shape index (κ2) is 8.62. The third-order valence-electron chi connectivity index (χ3n) is 5.25. The number of aromatic amines is 1. The Labute approximate surface area is 166 Å². The number of fused-ring (bicyclic) bond motifs is 1. The molecule has 0 aliphatic carbocycles. The van der Waals surface area contributed by atoms with Gasteiger partial charge in [0.2, 0.25) is 5.91 Å². The highest BCUT2D eigenvalue weighted by molar-refractivity contribution is 6.30. The molecule has 0 radical (unpaired) electrons. The van der Waals surface area contributed by atoms with E-state index < -0.39 is 0 Å². The molecule has 1 heterocycles. The highest BCUT2D eigenvalue weighted by Gasteiger charge is 2.22. The summed E-state index contributed by atoms with van der Waals surface area (Å²) in [6.07, 6.45) is 4.33. The predicted octanol–water partition coefficient (Wildman–Crippen LogP) is 5.82. The van der Waals surface area contributed by atoms with Crippen LogP contribution in [0.2, 0.25) is 5.02 Å². The SMILES string of the molecule is CCc1cccc2c(C(CC(=O)NC(C)CC)c3cccc(Cl)c3)c[nH]c12. The average molecular weight is 383 g/mol. The van der Waals surface area contributed by atoms with Crippen LogP contribution < -0.4 is 5.32 Å². The zero-order chi connectivity index (χ0) is 19.4. The van der Waals surface area contributed by atoms with Gasteiger partial charge in [0.15, 0.2) is 0 Å². The van der Waals surface area contributed by atoms with E-state index in [1.165, 1.54) is 10.9 Å². The highest BCUT2D eigenvalue weighted by atomic mass is 35.5. The summed E-state index contributed by atoms with van der Waals surface area (Å²) in [5, 5.41) is 4.96. The van der Waals surface area contributed by atoms with Crippen molar-refractivity contribution in [2.24, 2.45) is 0 Å². The summed E-state index contributed by atoms with van der Waals surface area (Å²) in [4.78, 5) is 16.1. The molecular weight excluding hydrogens is 356 g/mol. The van der Waals surface area contributed by atoms with Crippen LogP contribution in [0.1, 0.15) is 56.2 Å². The Hall–Kier alpha value is -2.26. The van der Waals surface area contributed by atoms with Crippen LogP contribution in [-0.4, -0.2) is 16.9 Å². The summed E-state index contributed by atoms with van der Waals surface area (Å²) < 4.78 is 0. The average Bonchev–Trinajstić information content (AvgIpc) is 3.09. The van der Waals surface area contributed by atoms with E-state index in [1.54, 1.807) is 0 Å². The van der Waals surface area contributed by atoms with Gasteiger partial charge in [0, 0.05) is 40.5 Å². The number of rotatable bonds is 7. The predicted molar refractivity (Wildman–Crippen MR) is 113 cm³/mol. The van der Waals surface area contributed by atoms with Crippen molar-refractivity contribution < 1.29 is 4.79 Å². The number of halogens is 1. The summed E-state index contributed by atoms with van der Waals surface area (Å²) >= 11 is 6.25. The molecule has 2 aromatic carbocycles. The van der Waals surface area contributed by atoms with Crippen LogP contribution in [0, 0.1) is 0 Å². The van der Waals surface area contributed by atoms with Gasteiger partial charge in [0.25, 0.3) is 0 Å². The molecule has 0 aliphatic rings. The first-order valence-electron chi connectivity index (χ1n) is 9.67. The zero-order valence-electron chi connectivity index (χ0n) is 16.2. The van der Waals surface area contributed by atoms with Crippen molar-refractivity contribution in [1.29, 1.82) is 0 Å². The van der Waals surface area contributed by atoms with E-state index >= 15 is 0 Å². The lowest BCUT2D eigenvalue weighted by molar-refractivity contribution is -0.121. The maximum Gasteiger partial charge on any atom is 0.221 e. The first-order chi connectivity index (χ1) is 13.0. The largest absolute Gasteiger partial charge is 0.361 e. The lowest BCUT2D eigenvalue weighted by Gasteiger charge is -2.19. The van der Waals surface area contributed by atoms with Crippen LogP contribution in [0.5, 0.6) is 0 Å². The van der Waals surface area contributed by atoms with Crippen molar-refractivity contribution in [3.8, 4) is 0 Å². The Balaban J connectivity index is 2.03. The smallest absolute Gasteiger partial charge is 0.221 e. The molecule has 1 aromatic heterocycles. The normalized spacial score (nSPS) is 13.5. The van der Waals surface area contributed by atoms with Gasteiger partial charge in [0.05, 0.1) is 0 Å². The minimum absolute atomic E-state index is 0.0476. The van der Waals surface area contributed by atoms with Gasteiger partial charge in [0.1, 0.15) is 0 Å². The molecule has 2 unspecified atom stereocenters. The summed E-state index contributed by atoms with van der Waals surface area (Å²) in [6.45, 7) is 6.26. The molecule has 4 heteroatoms. The van der Waals surface area contributed by atoms with Gasteiger partial charge < -0.3 is 10.3 Å². The molecule has 0 saturated carbocycles. The molecule has 142 valence electrons. The third kappa shape index (κ3) is 4.36. The summed E-state index contributed by atoms with van der Waals surface area (Å²) in [5.74, 6) is 0.0175. The fourth-order valence-corrected chi connectivity index (χ4v) is 3.77. The van der Waals surface area contributed by atoms with E-state index in [9.17, 15) is 4.79 Å². The molecule has 0 aliphatic heterocycles. The number of hydrogen-bond donors (Lipinski definition) is 2. The van der Waals surface area contributed by atoms with E-state index in [1.807, 2.05) is 31.3 Å². The highest BCUT2D eigenvalue weighted by Crippen LogP contribution is 2.35. The number of amides is 1. The fourth-order valence-electron chi connectivity index (χ4n) is 3.57. The number of H-pyrrole nitrogens is 1. The number of nitrogens with one attached hydrogen (secondary N) is 2. The molecule has 0 bridgehead atoms. The van der Waals surface area contributed by atoms with E-state index in [2.05, 4.69) is 48.4 Å². The van der Waals surface area contributed by atoms with E-state index in [-0.39, 0.29) is 17.9 Å². The Bertz CT molecular complexity index is 931. The van der Waals surface area contributed by atoms with Crippen molar-refractivity contribution in [2.75, 3.05) is 0 Å². The van der Waals surface area contributed by atoms with Crippen LogP contribution in [0.3, 0.4) is 0 Å². The number of carbonyl (C=O) groups is 1. The van der Waals surface area contributed by atoms with Crippen molar-refractivity contribution in [2.45, 2.75) is 52.0 Å². The minimum Gasteiger partial charge on any atom is -0.361 e. The van der Waals surface area contributed by atoms with E-state index in [0.29, 0.717) is 11.4 Å². The summed E-state index contributed by atoms with van der Waals surface area (Å²) in [7, 11) is 0. The van der Waals surface area contributed by atoms with Crippen molar-refractivity contribution in [3.05, 3.63) is 70.4 Å². The topological polar surface area (TPSA) is 44.9 Å². The molecule has 2 atom stereocenters. The standard InChI is InChI=1S/C23H27ClN2O/c1-4-15(3)26-22(27)13-20(17-9-6-10-18(24)12-17)21-14-25-23-16(5-2)8-7-11-19(21)23/h6-12,14-15,20,25H,4-5,13H2,1-3H3,(H,26,27). The Morgan fingerprint density at radius 2 is 1.96 bits per heavy atom. The number of benzene rings is 2. The zero-order valence-corrected chi connectivity index (χ0v) is 16.9. The second-order valence-corrected chi connectivity index (χ2v) is 7.56. The van der Waals surface area contributed by atoms with Crippen molar-refractivity contribution in [3.63, 3.8) is 0 Å². The molecule has 3 aromatic rings. The lowest BCUT2D eigenvalue weighted by Crippen LogP contribution is -2.33. The minimum atomic E-state index is -0.0476. The quantitative estimate of drug-likeness (QED) is 0.531. The first kappa shape index (κ1) is 19.5. The molecule has 3 nitrogen and oxygen atoms in total. The van der Waals surface area contributed by atoms with Crippen molar-refractivity contribution >= 4 is 28.4 Å². The van der Waals surface area contributed by atoms with Gasteiger partial charge >= 0.3 is 0 Å². The fraction of sp³-hybridized carbons (Fsp3) is 0.348. The summed E-state index contributed by atoms with van der Waals surface area (Å²) in [5.41, 5.74) is 4.64. The van der Waals surface area contributed by atoms with E-state index in [4.69, 9.17) is 11.6 Å². The number of carbonyl (C=O) groups excluding carboxylic acids is 1. The van der Waals surface area contributed by atoms with Crippen molar-refractivity contribution in [1.82, 2.24) is 10.3 Å². The molecule has 0 saturated heterocycles. The van der Waals surface area contributed by atoms with Crippen LogP contribution in [0.4, 0.5) is 0 Å². The molecule has 0 spiro atoms. The van der Waals surface area contributed by atoms with Gasteiger partial charge in [-0.2, -0.15) is 0 Å². The van der Waals surface area contributed by atoms with Gasteiger partial charge in [-0.3, -0.25) is 4.79 Å². The maximum atomic E-state index is 12.7. The Morgan fingerprint density at radius 1 is 1.19 bits per heavy atom. The number of para-hydroxylation sites is 1. The number of aryl methyl sites for hydroxylation is 1. The lowest BCUT2D eigenvalue weighted by atomic mass is 9.87. The Kier molecular flexibility index (Phi) is 6.22. The Morgan fingerprint density at radius 3 is 2.67 bits per heavy atom. The van der Waals surface area contributed by atoms with Gasteiger partial charge in [-0.05, 0) is 48.6 Å². The molecule has 27 heavy (non-hydrogen) atoms. The maximum absolute atomic E-state index is 12.7. The summed E-state index contributed by atoms with van der Waals surface area (Å²) in [6, 6.07) is 14.4. The molecule has 0 fully saturated rings. The first-order valence-corrected chi connectivity index (χ1v) is 10.0. The van der Waals surface area contributed by atoms with Crippen LogP contribution in [-0.2, 0) is 11.2 Å². The van der Waals surface area contributed by atoms with E-state index in [0.717, 1.165) is 29.5 Å². The molecule has 3 rings (SSSR count). The third-order valence-corrected chi connectivity index (χ3v) is 5.49. The van der Waals surface area contributed by atoms with Gasteiger partial charge in [-0.1, -0.05) is 55.8 Å². The van der Waals surface area contributed by atoms with Crippen LogP contribution >= 0.6 is 11.6 Å². The monoisotopic (exact) mass is 382 g/mol. The number of hydrogen-bond acceptors (Lipinski definition) is 1. The van der Waals surface area contributed by atoms with Crippen LogP contribution in [0.25, 0.3) is 10.9 Å². The number of aromatic nitrogens is 1. The second-order valence-electron chi connectivity index (χ2n) is 7.13. The molecule has 1 amide bonds. The van der Waals surface area contributed by atoms with Gasteiger partial charge in [-0.15, -0.1) is 0 Å². The van der Waals surface area contributed by atoms with Crippen LogP contribution in [0.15, 0.2) is 48.7 Å². The van der Waals surface area contributed by atoms with Gasteiger partial charge in [-0.25, -0.2) is 0 Å². The molecule has 2 N–H and O–H groups in total. The molecular formula is C23H27ClN2O.